The van der Waals surface area contributed by atoms with Gasteiger partial charge in [0.25, 0.3) is 5.91 Å². The summed E-state index contributed by atoms with van der Waals surface area (Å²) >= 11 is 0. The van der Waals surface area contributed by atoms with E-state index in [1.165, 1.54) is 7.11 Å². The summed E-state index contributed by atoms with van der Waals surface area (Å²) in [7, 11) is 1.54. The van der Waals surface area contributed by atoms with Crippen molar-refractivity contribution in [2.24, 2.45) is 0 Å². The van der Waals surface area contributed by atoms with Gasteiger partial charge in [-0.25, -0.2) is 4.98 Å². The van der Waals surface area contributed by atoms with E-state index >= 15 is 0 Å². The van der Waals surface area contributed by atoms with Crippen LogP contribution in [0.4, 0.5) is 0 Å². The first-order chi connectivity index (χ1) is 9.60. The van der Waals surface area contributed by atoms with E-state index in [0.29, 0.717) is 12.4 Å². The van der Waals surface area contributed by atoms with Crippen LogP contribution in [0.5, 0.6) is 11.6 Å². The van der Waals surface area contributed by atoms with Gasteiger partial charge < -0.3 is 15.2 Å². The summed E-state index contributed by atoms with van der Waals surface area (Å²) < 4.78 is 5.01. The number of pyridine rings is 1. The van der Waals surface area contributed by atoms with Crippen LogP contribution in [0.25, 0.3) is 0 Å². The Hall–Kier alpha value is -2.56. The lowest BCUT2D eigenvalue weighted by atomic mass is 10.1. The molecule has 2 rings (SSSR count). The molecule has 0 radical (unpaired) electrons. The number of methoxy groups -OCH3 is 1. The molecule has 5 heteroatoms. The number of carbonyl (C=O) groups is 1. The molecule has 0 fully saturated rings. The lowest BCUT2D eigenvalue weighted by Gasteiger charge is -2.08. The van der Waals surface area contributed by atoms with E-state index < -0.39 is 0 Å². The number of hydrogen-bond acceptors (Lipinski definition) is 4. The first-order valence-corrected chi connectivity index (χ1v) is 6.17. The minimum absolute atomic E-state index is 0.0187. The molecular weight excluding hydrogens is 256 g/mol. The number of aromatic nitrogens is 1. The third-order valence-electron chi connectivity index (χ3n) is 2.86. The lowest BCUT2D eigenvalue weighted by Crippen LogP contribution is -2.22. The molecule has 20 heavy (non-hydrogen) atoms. The standard InChI is InChI=1S/C15H16N2O3/c1-10-3-4-12(13(18)7-10)15(19)17-9-11-5-6-16-14(8-11)20-2/h3-8,18H,9H2,1-2H3,(H,17,19). The summed E-state index contributed by atoms with van der Waals surface area (Å²) in [5, 5.41) is 12.5. The molecule has 1 amide bonds. The third-order valence-corrected chi connectivity index (χ3v) is 2.86. The summed E-state index contributed by atoms with van der Waals surface area (Å²) in [6, 6.07) is 8.48. The Bertz CT molecular complexity index is 626. The average molecular weight is 272 g/mol. The Balaban J connectivity index is 2.04. The van der Waals surface area contributed by atoms with Gasteiger partial charge in [-0.05, 0) is 36.2 Å². The van der Waals surface area contributed by atoms with Crippen molar-refractivity contribution < 1.29 is 14.6 Å². The Morgan fingerprint density at radius 2 is 2.15 bits per heavy atom. The van der Waals surface area contributed by atoms with Crippen molar-refractivity contribution in [2.75, 3.05) is 7.11 Å². The number of phenolic OH excluding ortho intramolecular Hbond substituents is 1. The van der Waals surface area contributed by atoms with Crippen LogP contribution in [0.15, 0.2) is 36.5 Å². The van der Waals surface area contributed by atoms with Crippen molar-refractivity contribution in [3.05, 3.63) is 53.2 Å². The van der Waals surface area contributed by atoms with Gasteiger partial charge in [-0.2, -0.15) is 0 Å². The number of rotatable bonds is 4. The first-order valence-electron chi connectivity index (χ1n) is 6.17. The summed E-state index contributed by atoms with van der Waals surface area (Å²) in [4.78, 5) is 16.0. The number of aryl methyl sites for hydroxylation is 1. The first kappa shape index (κ1) is 13.9. The van der Waals surface area contributed by atoms with Crippen LogP contribution in [-0.2, 0) is 6.54 Å². The van der Waals surface area contributed by atoms with Crippen molar-refractivity contribution in [1.29, 1.82) is 0 Å². The molecule has 0 unspecified atom stereocenters. The van der Waals surface area contributed by atoms with Gasteiger partial charge in [0.2, 0.25) is 5.88 Å². The summed E-state index contributed by atoms with van der Waals surface area (Å²) in [5.74, 6) is 0.156. The van der Waals surface area contributed by atoms with E-state index in [9.17, 15) is 9.90 Å². The van der Waals surface area contributed by atoms with Crippen molar-refractivity contribution >= 4 is 5.91 Å². The molecule has 104 valence electrons. The van der Waals surface area contributed by atoms with Crippen LogP contribution in [0, 0.1) is 6.92 Å². The maximum absolute atomic E-state index is 12.0. The summed E-state index contributed by atoms with van der Waals surface area (Å²) in [6.45, 7) is 2.19. The predicted octanol–water partition coefficient (Wildman–Crippen LogP) is 2.03. The van der Waals surface area contributed by atoms with E-state index in [4.69, 9.17) is 4.74 Å². The van der Waals surface area contributed by atoms with Gasteiger partial charge in [0.05, 0.1) is 12.7 Å². The van der Waals surface area contributed by atoms with Crippen molar-refractivity contribution in [3.8, 4) is 11.6 Å². The number of benzene rings is 1. The van der Waals surface area contributed by atoms with E-state index in [2.05, 4.69) is 10.3 Å². The van der Waals surface area contributed by atoms with Crippen LogP contribution < -0.4 is 10.1 Å². The lowest BCUT2D eigenvalue weighted by molar-refractivity contribution is 0.0948. The fraction of sp³-hybridized carbons (Fsp3) is 0.200. The highest BCUT2D eigenvalue weighted by Gasteiger charge is 2.10. The Morgan fingerprint density at radius 3 is 2.85 bits per heavy atom. The number of amides is 1. The molecule has 0 saturated carbocycles. The Labute approximate surface area is 117 Å². The second-order valence-corrected chi connectivity index (χ2v) is 4.41. The minimum atomic E-state index is -0.321. The minimum Gasteiger partial charge on any atom is -0.507 e. The molecule has 0 atom stereocenters. The van der Waals surface area contributed by atoms with E-state index in [1.807, 2.05) is 6.92 Å². The van der Waals surface area contributed by atoms with Gasteiger partial charge in [-0.1, -0.05) is 6.07 Å². The van der Waals surface area contributed by atoms with E-state index in [0.717, 1.165) is 11.1 Å². The highest BCUT2D eigenvalue weighted by atomic mass is 16.5. The van der Waals surface area contributed by atoms with E-state index in [1.54, 1.807) is 36.5 Å². The van der Waals surface area contributed by atoms with Crippen molar-refractivity contribution in [3.63, 3.8) is 0 Å². The highest BCUT2D eigenvalue weighted by molar-refractivity contribution is 5.96. The maximum Gasteiger partial charge on any atom is 0.255 e. The molecule has 5 nitrogen and oxygen atoms in total. The normalized spacial score (nSPS) is 10.1. The van der Waals surface area contributed by atoms with Crippen molar-refractivity contribution in [1.82, 2.24) is 10.3 Å². The molecular formula is C15H16N2O3. The molecule has 2 N–H and O–H groups in total. The van der Waals surface area contributed by atoms with Crippen molar-refractivity contribution in [2.45, 2.75) is 13.5 Å². The fourth-order valence-electron chi connectivity index (χ4n) is 1.78. The van der Waals surface area contributed by atoms with Crippen LogP contribution >= 0.6 is 0 Å². The van der Waals surface area contributed by atoms with Gasteiger partial charge in [-0.15, -0.1) is 0 Å². The molecule has 0 saturated heterocycles. The SMILES string of the molecule is COc1cc(CNC(=O)c2ccc(C)cc2O)ccn1. The van der Waals surface area contributed by atoms with Gasteiger partial charge in [0.15, 0.2) is 0 Å². The molecule has 0 aliphatic heterocycles. The number of nitrogens with zero attached hydrogens (tertiary/aromatic N) is 1. The topological polar surface area (TPSA) is 71.5 Å². The molecule has 0 spiro atoms. The second-order valence-electron chi connectivity index (χ2n) is 4.41. The molecule has 1 aromatic carbocycles. The average Bonchev–Trinajstić information content (AvgIpc) is 2.45. The fourth-order valence-corrected chi connectivity index (χ4v) is 1.78. The Kier molecular flexibility index (Phi) is 4.20. The van der Waals surface area contributed by atoms with Crippen LogP contribution in [-0.4, -0.2) is 23.1 Å². The number of phenols is 1. The molecule has 1 heterocycles. The number of hydrogen-bond donors (Lipinski definition) is 2. The number of ether oxygens (including phenoxy) is 1. The monoisotopic (exact) mass is 272 g/mol. The molecule has 0 aliphatic rings. The van der Waals surface area contributed by atoms with E-state index in [-0.39, 0.29) is 17.2 Å². The zero-order valence-electron chi connectivity index (χ0n) is 11.4. The number of aromatic hydroxyl groups is 1. The second kappa shape index (κ2) is 6.06. The van der Waals surface area contributed by atoms with Crippen LogP contribution in [0.2, 0.25) is 0 Å². The van der Waals surface area contributed by atoms with Gasteiger partial charge in [0, 0.05) is 18.8 Å². The molecule has 2 aromatic rings. The molecule has 0 bridgehead atoms. The zero-order chi connectivity index (χ0) is 14.5. The smallest absolute Gasteiger partial charge is 0.255 e. The summed E-state index contributed by atoms with van der Waals surface area (Å²) in [5.41, 5.74) is 2.03. The van der Waals surface area contributed by atoms with Crippen LogP contribution in [0.1, 0.15) is 21.5 Å². The largest absolute Gasteiger partial charge is 0.507 e. The third kappa shape index (κ3) is 3.26. The summed E-state index contributed by atoms with van der Waals surface area (Å²) in [6.07, 6.45) is 1.61. The molecule has 1 aromatic heterocycles. The quantitative estimate of drug-likeness (QED) is 0.893. The molecule has 0 aliphatic carbocycles. The van der Waals surface area contributed by atoms with Gasteiger partial charge in [-0.3, -0.25) is 4.79 Å². The highest BCUT2D eigenvalue weighted by Crippen LogP contribution is 2.18. The van der Waals surface area contributed by atoms with Crippen LogP contribution in [0.3, 0.4) is 0 Å². The zero-order valence-corrected chi connectivity index (χ0v) is 11.4. The number of carbonyl (C=O) groups excluding carboxylic acids is 1. The number of nitrogens with one attached hydrogen (secondary N) is 1. The van der Waals surface area contributed by atoms with Gasteiger partial charge >= 0.3 is 0 Å². The predicted molar refractivity (Wildman–Crippen MR) is 74.8 cm³/mol. The Morgan fingerprint density at radius 1 is 1.35 bits per heavy atom. The van der Waals surface area contributed by atoms with Gasteiger partial charge in [0.1, 0.15) is 5.75 Å². The maximum atomic E-state index is 12.0.